The van der Waals surface area contributed by atoms with Gasteiger partial charge in [0.2, 0.25) is 0 Å². The molecule has 0 spiro atoms. The molecule has 0 bridgehead atoms. The molecule has 2 heterocycles. The van der Waals surface area contributed by atoms with Crippen LogP contribution < -0.4 is 0 Å². The maximum absolute atomic E-state index is 5.63. The van der Waals surface area contributed by atoms with E-state index >= 15 is 0 Å². The summed E-state index contributed by atoms with van der Waals surface area (Å²) < 4.78 is 5.16. The fraction of sp³-hybridized carbons (Fsp3) is 0.0909. The molecule has 1 N–H and O–H groups in total. The van der Waals surface area contributed by atoms with Crippen LogP contribution in [0.4, 0.5) is 0 Å². The summed E-state index contributed by atoms with van der Waals surface area (Å²) in [5.74, 6) is 1.26. The van der Waals surface area contributed by atoms with Crippen molar-refractivity contribution in [1.29, 1.82) is 0 Å². The molecule has 0 fully saturated rings. The largest absolute Gasteiger partial charge is 0.361 e. The molecule has 1 aromatic carbocycles. The first kappa shape index (κ1) is 9.42. The molecular weight excluding hydrogens is 226 g/mol. The highest BCUT2D eigenvalue weighted by Gasteiger charge is 2.11. The van der Waals surface area contributed by atoms with Crippen LogP contribution in [-0.4, -0.2) is 15.1 Å². The van der Waals surface area contributed by atoms with Gasteiger partial charge >= 0.3 is 0 Å². The van der Waals surface area contributed by atoms with Crippen molar-refractivity contribution >= 4 is 22.5 Å². The zero-order valence-corrected chi connectivity index (χ0v) is 9.03. The van der Waals surface area contributed by atoms with Gasteiger partial charge in [0, 0.05) is 22.7 Å². The summed E-state index contributed by atoms with van der Waals surface area (Å²) in [7, 11) is 0. The van der Waals surface area contributed by atoms with E-state index in [9.17, 15) is 0 Å². The van der Waals surface area contributed by atoms with Gasteiger partial charge in [0.25, 0.3) is 5.89 Å². The molecule has 0 atom stereocenters. The molecule has 3 rings (SSSR count). The number of alkyl halides is 1. The van der Waals surface area contributed by atoms with Crippen LogP contribution in [0.2, 0.25) is 0 Å². The van der Waals surface area contributed by atoms with E-state index in [1.165, 1.54) is 0 Å². The van der Waals surface area contributed by atoms with Crippen molar-refractivity contribution in [2.75, 3.05) is 0 Å². The molecule has 4 nitrogen and oxygen atoms in total. The number of aromatic nitrogens is 3. The number of hydrogen-bond donors (Lipinski definition) is 1. The summed E-state index contributed by atoms with van der Waals surface area (Å²) in [6.45, 7) is 0. The number of hydrogen-bond acceptors (Lipinski definition) is 3. The summed E-state index contributed by atoms with van der Waals surface area (Å²) >= 11 is 5.63. The molecule has 16 heavy (non-hydrogen) atoms. The second-order valence-electron chi connectivity index (χ2n) is 3.39. The van der Waals surface area contributed by atoms with Gasteiger partial charge in [-0.2, -0.15) is 4.98 Å². The first-order valence-electron chi connectivity index (χ1n) is 4.83. The van der Waals surface area contributed by atoms with Gasteiger partial charge < -0.3 is 9.51 Å². The number of fused-ring (bicyclic) bond motifs is 1. The Hall–Kier alpha value is -1.81. The SMILES string of the molecule is ClCc1noc(-c2cccc3[nH]ccc23)n1. The molecule has 5 heteroatoms. The monoisotopic (exact) mass is 233 g/mol. The molecule has 0 radical (unpaired) electrons. The Morgan fingerprint density at radius 1 is 1.31 bits per heavy atom. The molecule has 2 aromatic heterocycles. The van der Waals surface area contributed by atoms with Gasteiger partial charge in [0.05, 0.1) is 5.88 Å². The minimum Gasteiger partial charge on any atom is -0.361 e. The highest BCUT2D eigenvalue weighted by atomic mass is 35.5. The van der Waals surface area contributed by atoms with Gasteiger partial charge in [-0.05, 0) is 18.2 Å². The van der Waals surface area contributed by atoms with E-state index in [1.54, 1.807) is 0 Å². The van der Waals surface area contributed by atoms with E-state index in [1.807, 2.05) is 30.5 Å². The first-order valence-corrected chi connectivity index (χ1v) is 5.37. The summed E-state index contributed by atoms with van der Waals surface area (Å²) in [5, 5.41) is 4.84. The Bertz CT molecular complexity index is 629. The highest BCUT2D eigenvalue weighted by Crippen LogP contribution is 2.26. The van der Waals surface area contributed by atoms with Crippen molar-refractivity contribution in [3.63, 3.8) is 0 Å². The normalized spacial score (nSPS) is 11.1. The Labute approximate surface area is 96.2 Å². The number of H-pyrrole nitrogens is 1. The highest BCUT2D eigenvalue weighted by molar-refractivity contribution is 6.16. The first-order chi connectivity index (χ1) is 7.88. The molecule has 0 saturated heterocycles. The lowest BCUT2D eigenvalue weighted by Crippen LogP contribution is -1.81. The summed E-state index contributed by atoms with van der Waals surface area (Å²) in [4.78, 5) is 7.34. The van der Waals surface area contributed by atoms with Crippen molar-refractivity contribution in [3.05, 3.63) is 36.3 Å². The average molecular weight is 234 g/mol. The van der Waals surface area contributed by atoms with E-state index in [-0.39, 0.29) is 5.88 Å². The molecule has 0 amide bonds. The van der Waals surface area contributed by atoms with E-state index in [0.717, 1.165) is 16.5 Å². The van der Waals surface area contributed by atoms with Crippen molar-refractivity contribution in [2.45, 2.75) is 5.88 Å². The van der Waals surface area contributed by atoms with Gasteiger partial charge in [-0.25, -0.2) is 0 Å². The molecule has 0 unspecified atom stereocenters. The molecule has 0 aliphatic heterocycles. The van der Waals surface area contributed by atoms with E-state index in [2.05, 4.69) is 15.1 Å². The fourth-order valence-corrected chi connectivity index (χ4v) is 1.80. The molecule has 80 valence electrons. The number of rotatable bonds is 2. The Morgan fingerprint density at radius 2 is 2.25 bits per heavy atom. The third-order valence-electron chi connectivity index (χ3n) is 2.41. The Kier molecular flexibility index (Phi) is 2.15. The lowest BCUT2D eigenvalue weighted by molar-refractivity contribution is 0.425. The lowest BCUT2D eigenvalue weighted by atomic mass is 10.1. The second-order valence-corrected chi connectivity index (χ2v) is 3.66. The zero-order chi connectivity index (χ0) is 11.0. The predicted octanol–water partition coefficient (Wildman–Crippen LogP) is 2.96. The Morgan fingerprint density at radius 3 is 3.06 bits per heavy atom. The summed E-state index contributed by atoms with van der Waals surface area (Å²) in [5.41, 5.74) is 1.96. The van der Waals surface area contributed by atoms with Crippen molar-refractivity contribution in [1.82, 2.24) is 15.1 Å². The van der Waals surface area contributed by atoms with Crippen LogP contribution in [0, 0.1) is 0 Å². The quantitative estimate of drug-likeness (QED) is 0.693. The van der Waals surface area contributed by atoms with Crippen LogP contribution in [0.25, 0.3) is 22.4 Å². The van der Waals surface area contributed by atoms with Crippen LogP contribution in [0.1, 0.15) is 5.82 Å². The molecular formula is C11H8ClN3O. The minimum absolute atomic E-state index is 0.257. The molecule has 0 saturated carbocycles. The number of aromatic amines is 1. The van der Waals surface area contributed by atoms with Crippen molar-refractivity contribution in [3.8, 4) is 11.5 Å². The smallest absolute Gasteiger partial charge is 0.258 e. The van der Waals surface area contributed by atoms with Crippen LogP contribution in [0.5, 0.6) is 0 Å². The van der Waals surface area contributed by atoms with Crippen LogP contribution >= 0.6 is 11.6 Å². The van der Waals surface area contributed by atoms with Crippen molar-refractivity contribution in [2.24, 2.45) is 0 Å². The van der Waals surface area contributed by atoms with Gasteiger partial charge in [-0.1, -0.05) is 11.2 Å². The summed E-state index contributed by atoms with van der Waals surface area (Å²) in [6, 6.07) is 7.87. The number of nitrogens with one attached hydrogen (secondary N) is 1. The van der Waals surface area contributed by atoms with Gasteiger partial charge in [0.15, 0.2) is 5.82 Å². The van der Waals surface area contributed by atoms with Gasteiger partial charge in [-0.15, -0.1) is 11.6 Å². The summed E-state index contributed by atoms with van der Waals surface area (Å²) in [6.07, 6.45) is 1.88. The number of halogens is 1. The fourth-order valence-electron chi connectivity index (χ4n) is 1.69. The maximum atomic E-state index is 5.63. The number of nitrogens with zero attached hydrogens (tertiary/aromatic N) is 2. The number of benzene rings is 1. The van der Waals surface area contributed by atoms with Crippen LogP contribution in [0.3, 0.4) is 0 Å². The maximum Gasteiger partial charge on any atom is 0.258 e. The van der Waals surface area contributed by atoms with Crippen LogP contribution in [-0.2, 0) is 5.88 Å². The third kappa shape index (κ3) is 1.39. The van der Waals surface area contributed by atoms with Gasteiger partial charge in [0.1, 0.15) is 0 Å². The van der Waals surface area contributed by atoms with Crippen molar-refractivity contribution < 1.29 is 4.52 Å². The third-order valence-corrected chi connectivity index (χ3v) is 2.65. The average Bonchev–Trinajstić information content (AvgIpc) is 2.97. The zero-order valence-electron chi connectivity index (χ0n) is 8.27. The molecule has 0 aliphatic carbocycles. The van der Waals surface area contributed by atoms with Gasteiger partial charge in [-0.3, -0.25) is 0 Å². The van der Waals surface area contributed by atoms with E-state index in [0.29, 0.717) is 11.7 Å². The van der Waals surface area contributed by atoms with Crippen LogP contribution in [0.15, 0.2) is 35.0 Å². The minimum atomic E-state index is 0.257. The van der Waals surface area contributed by atoms with E-state index < -0.39 is 0 Å². The molecule has 0 aliphatic rings. The Balaban J connectivity index is 2.21. The standard InChI is InChI=1S/C11H8ClN3O/c12-6-10-14-11(16-15-10)8-2-1-3-9-7(8)4-5-13-9/h1-5,13H,6H2. The van der Waals surface area contributed by atoms with E-state index in [4.69, 9.17) is 16.1 Å². The topological polar surface area (TPSA) is 54.7 Å². The predicted molar refractivity (Wildman–Crippen MR) is 61.1 cm³/mol. The molecule has 3 aromatic rings. The lowest BCUT2D eigenvalue weighted by Gasteiger charge is -1.96. The second kappa shape index (κ2) is 3.64.